The molecule has 0 spiro atoms. The Kier molecular flexibility index (Phi) is 2.46. The van der Waals surface area contributed by atoms with Crippen LogP contribution in [0.5, 0.6) is 0 Å². The molecule has 1 aliphatic carbocycles. The van der Waals surface area contributed by atoms with Gasteiger partial charge < -0.3 is 11.1 Å². The molecule has 0 atom stereocenters. The summed E-state index contributed by atoms with van der Waals surface area (Å²) in [5.41, 5.74) is 4.83. The van der Waals surface area contributed by atoms with E-state index in [4.69, 9.17) is 5.73 Å². The summed E-state index contributed by atoms with van der Waals surface area (Å²) in [4.78, 5) is 21.1. The van der Waals surface area contributed by atoms with Crippen molar-refractivity contribution in [3.63, 3.8) is 0 Å². The van der Waals surface area contributed by atoms with Crippen LogP contribution in [0.4, 0.5) is 0 Å². The van der Waals surface area contributed by atoms with Crippen LogP contribution in [0, 0.1) is 0 Å². The molecule has 2 amide bonds. The van der Waals surface area contributed by atoms with Crippen molar-refractivity contribution < 1.29 is 9.59 Å². The number of hydrogen-bond donors (Lipinski definition) is 2. The Bertz CT molecular complexity index is 175. The molecule has 1 saturated carbocycles. The highest BCUT2D eigenvalue weighted by Gasteiger charge is 2.19. The molecule has 4 nitrogen and oxygen atoms in total. The Hall–Kier alpha value is -1.06. The number of carbonyl (C=O) groups excluding carboxylic acids is 2. The number of carbonyl (C=O) groups is 2. The summed E-state index contributed by atoms with van der Waals surface area (Å²) in [7, 11) is 0. The average molecular weight is 156 g/mol. The van der Waals surface area contributed by atoms with Gasteiger partial charge in [-0.15, -0.1) is 0 Å². The Labute approximate surface area is 65.1 Å². The number of amides is 2. The Morgan fingerprint density at radius 2 is 2.09 bits per heavy atom. The zero-order valence-corrected chi connectivity index (χ0v) is 6.30. The van der Waals surface area contributed by atoms with Gasteiger partial charge in [-0.1, -0.05) is 0 Å². The van der Waals surface area contributed by atoms with Gasteiger partial charge in [0.1, 0.15) is 6.42 Å². The summed E-state index contributed by atoms with van der Waals surface area (Å²) in [6.07, 6.45) is 3.05. The van der Waals surface area contributed by atoms with Crippen LogP contribution >= 0.6 is 0 Å². The summed E-state index contributed by atoms with van der Waals surface area (Å²) in [6.45, 7) is 0. The van der Waals surface area contributed by atoms with Crippen molar-refractivity contribution >= 4 is 11.8 Å². The Balaban J connectivity index is 2.14. The van der Waals surface area contributed by atoms with Crippen LogP contribution < -0.4 is 11.1 Å². The van der Waals surface area contributed by atoms with Gasteiger partial charge in [-0.05, 0) is 19.3 Å². The van der Waals surface area contributed by atoms with Crippen molar-refractivity contribution in [2.75, 3.05) is 0 Å². The molecule has 0 aromatic carbocycles. The van der Waals surface area contributed by atoms with E-state index in [9.17, 15) is 9.59 Å². The number of hydrogen-bond acceptors (Lipinski definition) is 2. The van der Waals surface area contributed by atoms with Crippen LogP contribution in [0.2, 0.25) is 0 Å². The van der Waals surface area contributed by atoms with Crippen molar-refractivity contribution in [2.45, 2.75) is 31.7 Å². The maximum Gasteiger partial charge on any atom is 0.229 e. The van der Waals surface area contributed by atoms with Crippen LogP contribution in [-0.2, 0) is 9.59 Å². The van der Waals surface area contributed by atoms with Gasteiger partial charge in [-0.2, -0.15) is 0 Å². The highest BCUT2D eigenvalue weighted by Crippen LogP contribution is 2.17. The third kappa shape index (κ3) is 2.57. The van der Waals surface area contributed by atoms with Gasteiger partial charge in [-0.3, -0.25) is 9.59 Å². The van der Waals surface area contributed by atoms with Crippen LogP contribution in [0.25, 0.3) is 0 Å². The number of primary amides is 1. The standard InChI is InChI=1S/C7H12N2O2/c8-6(10)4-7(11)9-5-2-1-3-5/h5H,1-4H2,(H2,8,10)(H,9,11). The molecule has 0 aliphatic heterocycles. The maximum atomic E-state index is 10.8. The molecule has 0 heterocycles. The molecule has 62 valence electrons. The van der Waals surface area contributed by atoms with Crippen LogP contribution in [0.1, 0.15) is 25.7 Å². The third-order valence-corrected chi connectivity index (χ3v) is 1.81. The molecular weight excluding hydrogens is 144 g/mol. The minimum Gasteiger partial charge on any atom is -0.369 e. The van der Waals surface area contributed by atoms with E-state index in [-0.39, 0.29) is 12.3 Å². The molecule has 0 radical (unpaired) electrons. The zero-order valence-electron chi connectivity index (χ0n) is 6.30. The van der Waals surface area contributed by atoms with Gasteiger partial charge in [-0.25, -0.2) is 0 Å². The molecule has 0 bridgehead atoms. The summed E-state index contributed by atoms with van der Waals surface area (Å²) in [6, 6.07) is 0.293. The minimum atomic E-state index is -0.568. The fourth-order valence-corrected chi connectivity index (χ4v) is 0.990. The lowest BCUT2D eigenvalue weighted by atomic mass is 9.93. The van der Waals surface area contributed by atoms with Gasteiger partial charge in [0.05, 0.1) is 0 Å². The first-order chi connectivity index (χ1) is 5.18. The summed E-state index contributed by atoms with van der Waals surface area (Å²) in [5, 5.41) is 2.71. The molecule has 1 rings (SSSR count). The van der Waals surface area contributed by atoms with E-state index in [1.54, 1.807) is 0 Å². The van der Waals surface area contributed by atoms with Gasteiger partial charge >= 0.3 is 0 Å². The fraction of sp³-hybridized carbons (Fsp3) is 0.714. The van der Waals surface area contributed by atoms with Gasteiger partial charge in [0, 0.05) is 6.04 Å². The lowest BCUT2D eigenvalue weighted by Crippen LogP contribution is -2.40. The number of nitrogens with two attached hydrogens (primary N) is 1. The molecule has 11 heavy (non-hydrogen) atoms. The predicted molar refractivity (Wildman–Crippen MR) is 39.6 cm³/mol. The largest absolute Gasteiger partial charge is 0.369 e. The van der Waals surface area contributed by atoms with E-state index in [1.807, 2.05) is 0 Å². The second kappa shape index (κ2) is 3.37. The van der Waals surface area contributed by atoms with E-state index in [2.05, 4.69) is 5.32 Å². The summed E-state index contributed by atoms with van der Waals surface area (Å²) < 4.78 is 0. The molecule has 3 N–H and O–H groups in total. The molecule has 0 aromatic rings. The maximum absolute atomic E-state index is 10.8. The molecule has 0 unspecified atom stereocenters. The van der Waals surface area contributed by atoms with Crippen LogP contribution in [0.3, 0.4) is 0 Å². The Morgan fingerprint density at radius 3 is 2.45 bits per heavy atom. The van der Waals surface area contributed by atoms with Gasteiger partial charge in [0.25, 0.3) is 0 Å². The van der Waals surface area contributed by atoms with Crippen molar-refractivity contribution in [3.8, 4) is 0 Å². The predicted octanol–water partition coefficient (Wildman–Crippen LogP) is -0.470. The molecule has 0 saturated heterocycles. The molecule has 0 aromatic heterocycles. The van der Waals surface area contributed by atoms with Crippen molar-refractivity contribution in [3.05, 3.63) is 0 Å². The second-order valence-corrected chi connectivity index (χ2v) is 2.84. The highest BCUT2D eigenvalue weighted by atomic mass is 16.2. The molecule has 1 fully saturated rings. The van der Waals surface area contributed by atoms with Gasteiger partial charge in [0.15, 0.2) is 0 Å². The number of rotatable bonds is 3. The first kappa shape index (κ1) is 8.04. The van der Waals surface area contributed by atoms with Crippen molar-refractivity contribution in [1.82, 2.24) is 5.32 Å². The lowest BCUT2D eigenvalue weighted by Gasteiger charge is -2.25. The van der Waals surface area contributed by atoms with E-state index in [1.165, 1.54) is 6.42 Å². The SMILES string of the molecule is NC(=O)CC(=O)NC1CCC1. The van der Waals surface area contributed by atoms with Crippen LogP contribution in [0.15, 0.2) is 0 Å². The third-order valence-electron chi connectivity index (χ3n) is 1.81. The normalized spacial score (nSPS) is 17.1. The Morgan fingerprint density at radius 1 is 1.45 bits per heavy atom. The van der Waals surface area contributed by atoms with Crippen molar-refractivity contribution in [2.24, 2.45) is 5.73 Å². The first-order valence-corrected chi connectivity index (χ1v) is 3.76. The quantitative estimate of drug-likeness (QED) is 0.542. The minimum absolute atomic E-state index is 0.184. The molecular formula is C7H12N2O2. The van der Waals surface area contributed by atoms with E-state index >= 15 is 0 Å². The van der Waals surface area contributed by atoms with Crippen LogP contribution in [-0.4, -0.2) is 17.9 Å². The van der Waals surface area contributed by atoms with Crippen molar-refractivity contribution in [1.29, 1.82) is 0 Å². The van der Waals surface area contributed by atoms with E-state index in [0.29, 0.717) is 6.04 Å². The summed E-state index contributed by atoms with van der Waals surface area (Å²) in [5.74, 6) is -0.816. The second-order valence-electron chi connectivity index (χ2n) is 2.84. The smallest absolute Gasteiger partial charge is 0.229 e. The fourth-order valence-electron chi connectivity index (χ4n) is 0.990. The molecule has 1 aliphatic rings. The highest BCUT2D eigenvalue weighted by molar-refractivity contribution is 5.96. The lowest BCUT2D eigenvalue weighted by molar-refractivity contribution is -0.128. The van der Waals surface area contributed by atoms with E-state index < -0.39 is 5.91 Å². The average Bonchev–Trinajstić information content (AvgIpc) is 1.77. The topological polar surface area (TPSA) is 72.2 Å². The monoisotopic (exact) mass is 156 g/mol. The first-order valence-electron chi connectivity index (χ1n) is 3.76. The van der Waals surface area contributed by atoms with E-state index in [0.717, 1.165) is 12.8 Å². The molecule has 4 heteroatoms. The zero-order chi connectivity index (χ0) is 8.27. The summed E-state index contributed by atoms with van der Waals surface area (Å²) >= 11 is 0. The van der Waals surface area contributed by atoms with Gasteiger partial charge in [0.2, 0.25) is 11.8 Å². The number of nitrogens with one attached hydrogen (secondary N) is 1.